The summed E-state index contributed by atoms with van der Waals surface area (Å²) < 4.78 is 1.05. The van der Waals surface area contributed by atoms with E-state index in [1.165, 1.54) is 37.0 Å². The van der Waals surface area contributed by atoms with Crippen LogP contribution in [0.5, 0.6) is 0 Å². The number of carbonyl (C=O) groups excluding carboxylic acids is 1. The second-order valence-electron chi connectivity index (χ2n) is 5.30. The Morgan fingerprint density at radius 1 is 1.50 bits per heavy atom. The van der Waals surface area contributed by atoms with Crippen molar-refractivity contribution in [1.29, 1.82) is 0 Å². The molecule has 2 nitrogen and oxygen atoms in total. The first kappa shape index (κ1) is 14.1. The van der Waals surface area contributed by atoms with Crippen molar-refractivity contribution >= 4 is 33.2 Å². The largest absolute Gasteiger partial charge is 0.351 e. The Hall–Kier alpha value is -0.350. The number of aryl methyl sites for hydroxylation is 1. The smallest absolute Gasteiger partial charge is 0.261 e. The van der Waals surface area contributed by atoms with Crippen molar-refractivity contribution in [2.45, 2.75) is 39.5 Å². The summed E-state index contributed by atoms with van der Waals surface area (Å²) in [6.45, 7) is 5.15. The number of hydrogen-bond donors (Lipinski definition) is 1. The summed E-state index contributed by atoms with van der Waals surface area (Å²) in [5, 5.41) is 3.09. The summed E-state index contributed by atoms with van der Waals surface area (Å²) in [5.74, 6) is 1.48. The van der Waals surface area contributed by atoms with Crippen molar-refractivity contribution in [1.82, 2.24) is 5.32 Å². The fourth-order valence-corrected chi connectivity index (χ4v) is 4.03. The number of halogens is 1. The first-order valence-corrected chi connectivity index (χ1v) is 8.23. The third-order valence-corrected chi connectivity index (χ3v) is 6.03. The van der Waals surface area contributed by atoms with Crippen molar-refractivity contribution in [3.8, 4) is 0 Å². The van der Waals surface area contributed by atoms with Crippen LogP contribution in [0.2, 0.25) is 0 Å². The van der Waals surface area contributed by atoms with Crippen molar-refractivity contribution in [2.75, 3.05) is 6.54 Å². The van der Waals surface area contributed by atoms with Crippen molar-refractivity contribution in [3.63, 3.8) is 0 Å². The molecule has 4 heteroatoms. The lowest BCUT2D eigenvalue weighted by molar-refractivity contribution is 0.0940. The van der Waals surface area contributed by atoms with Crippen molar-refractivity contribution in [3.05, 3.63) is 20.3 Å². The molecule has 100 valence electrons. The van der Waals surface area contributed by atoms with Gasteiger partial charge in [-0.1, -0.05) is 26.2 Å². The van der Waals surface area contributed by atoms with Crippen LogP contribution in [0.15, 0.2) is 9.85 Å². The van der Waals surface area contributed by atoms with E-state index in [4.69, 9.17) is 0 Å². The Bertz CT molecular complexity index is 410. The standard InChI is InChI=1S/C14H20BrNOS/c1-9-5-3-4-6-11(9)8-16-14(17)12-7-10(2)13(15)18-12/h7,9,11H,3-6,8H2,1-2H3,(H,16,17). The molecule has 1 fully saturated rings. The van der Waals surface area contributed by atoms with Gasteiger partial charge in [0.05, 0.1) is 8.66 Å². The highest BCUT2D eigenvalue weighted by Gasteiger charge is 2.22. The van der Waals surface area contributed by atoms with E-state index in [1.807, 2.05) is 13.0 Å². The molecule has 1 N–H and O–H groups in total. The summed E-state index contributed by atoms with van der Waals surface area (Å²) in [6.07, 6.45) is 5.23. The minimum Gasteiger partial charge on any atom is -0.351 e. The molecule has 0 aliphatic heterocycles. The van der Waals surface area contributed by atoms with Gasteiger partial charge in [0.2, 0.25) is 0 Å². The number of nitrogens with one attached hydrogen (secondary N) is 1. The molecule has 1 aliphatic carbocycles. The third kappa shape index (κ3) is 3.35. The van der Waals surface area contributed by atoms with Crippen LogP contribution in [-0.2, 0) is 0 Å². The molecule has 1 aromatic heterocycles. The average molecular weight is 330 g/mol. The Morgan fingerprint density at radius 2 is 2.22 bits per heavy atom. The predicted molar refractivity (Wildman–Crippen MR) is 80.2 cm³/mol. The Balaban J connectivity index is 1.88. The highest BCUT2D eigenvalue weighted by Crippen LogP contribution is 2.30. The van der Waals surface area contributed by atoms with E-state index in [2.05, 4.69) is 28.2 Å². The molecule has 2 unspecified atom stereocenters. The lowest BCUT2D eigenvalue weighted by Crippen LogP contribution is -2.33. The number of hydrogen-bond acceptors (Lipinski definition) is 2. The highest BCUT2D eigenvalue weighted by molar-refractivity contribution is 9.11. The quantitative estimate of drug-likeness (QED) is 0.876. The Labute approximate surface area is 121 Å². The molecule has 0 saturated heterocycles. The summed E-state index contributed by atoms with van der Waals surface area (Å²) in [6, 6.07) is 1.95. The molecule has 18 heavy (non-hydrogen) atoms. The molecule has 0 aromatic carbocycles. The minimum absolute atomic E-state index is 0.0755. The molecule has 1 amide bonds. The molecule has 0 radical (unpaired) electrons. The zero-order valence-corrected chi connectivity index (χ0v) is 13.4. The maximum Gasteiger partial charge on any atom is 0.261 e. The molecule has 0 bridgehead atoms. The zero-order chi connectivity index (χ0) is 13.1. The van der Waals surface area contributed by atoms with E-state index in [0.717, 1.165) is 26.7 Å². The third-order valence-electron chi connectivity index (χ3n) is 3.89. The maximum absolute atomic E-state index is 12.0. The van der Waals surface area contributed by atoms with Gasteiger partial charge in [0.1, 0.15) is 0 Å². The SMILES string of the molecule is Cc1cc(C(=O)NCC2CCCCC2C)sc1Br. The zero-order valence-electron chi connectivity index (χ0n) is 11.0. The van der Waals surface area contributed by atoms with Gasteiger partial charge in [0.25, 0.3) is 5.91 Å². The van der Waals surface area contributed by atoms with E-state index < -0.39 is 0 Å². The minimum atomic E-state index is 0.0755. The lowest BCUT2D eigenvalue weighted by atomic mass is 9.80. The van der Waals surface area contributed by atoms with Crippen LogP contribution in [0.4, 0.5) is 0 Å². The first-order chi connectivity index (χ1) is 8.58. The summed E-state index contributed by atoms with van der Waals surface area (Å²) >= 11 is 4.97. The molecular weight excluding hydrogens is 310 g/mol. The van der Waals surface area contributed by atoms with E-state index in [9.17, 15) is 4.79 Å². The fourth-order valence-electron chi connectivity index (χ4n) is 2.58. The van der Waals surface area contributed by atoms with Gasteiger partial charge < -0.3 is 5.32 Å². The fraction of sp³-hybridized carbons (Fsp3) is 0.643. The molecular formula is C14H20BrNOS. The van der Waals surface area contributed by atoms with Gasteiger partial charge in [0, 0.05) is 6.54 Å². The van der Waals surface area contributed by atoms with Crippen LogP contribution in [0.3, 0.4) is 0 Å². The Morgan fingerprint density at radius 3 is 2.83 bits per heavy atom. The van der Waals surface area contributed by atoms with Gasteiger partial charge in [0.15, 0.2) is 0 Å². The molecule has 0 spiro atoms. The first-order valence-electron chi connectivity index (χ1n) is 6.62. The van der Waals surface area contributed by atoms with Crippen LogP contribution in [0.25, 0.3) is 0 Å². The topological polar surface area (TPSA) is 29.1 Å². The molecule has 1 heterocycles. The van der Waals surface area contributed by atoms with Gasteiger partial charge in [-0.3, -0.25) is 4.79 Å². The highest BCUT2D eigenvalue weighted by atomic mass is 79.9. The number of amides is 1. The van der Waals surface area contributed by atoms with Crippen molar-refractivity contribution < 1.29 is 4.79 Å². The summed E-state index contributed by atoms with van der Waals surface area (Å²) in [4.78, 5) is 12.8. The van der Waals surface area contributed by atoms with Gasteiger partial charge in [-0.25, -0.2) is 0 Å². The summed E-state index contributed by atoms with van der Waals surface area (Å²) in [7, 11) is 0. The second-order valence-corrected chi connectivity index (χ2v) is 7.67. The van der Waals surface area contributed by atoms with Gasteiger partial charge in [-0.05, 0) is 52.7 Å². The van der Waals surface area contributed by atoms with Crippen LogP contribution in [-0.4, -0.2) is 12.5 Å². The monoisotopic (exact) mass is 329 g/mol. The second kappa shape index (κ2) is 6.20. The lowest BCUT2D eigenvalue weighted by Gasteiger charge is -2.28. The van der Waals surface area contributed by atoms with Crippen LogP contribution in [0, 0.1) is 18.8 Å². The van der Waals surface area contributed by atoms with Crippen LogP contribution >= 0.6 is 27.3 Å². The van der Waals surface area contributed by atoms with E-state index in [-0.39, 0.29) is 5.91 Å². The normalized spacial score (nSPS) is 23.9. The van der Waals surface area contributed by atoms with Crippen molar-refractivity contribution in [2.24, 2.45) is 11.8 Å². The van der Waals surface area contributed by atoms with Gasteiger partial charge in [-0.15, -0.1) is 11.3 Å². The number of thiophene rings is 1. The van der Waals surface area contributed by atoms with Crippen LogP contribution in [0.1, 0.15) is 47.8 Å². The average Bonchev–Trinajstić information content (AvgIpc) is 2.68. The number of rotatable bonds is 3. The van der Waals surface area contributed by atoms with E-state index in [0.29, 0.717) is 5.92 Å². The molecule has 1 aliphatic rings. The van der Waals surface area contributed by atoms with Gasteiger partial charge in [-0.2, -0.15) is 0 Å². The summed E-state index contributed by atoms with van der Waals surface area (Å²) in [5.41, 5.74) is 1.14. The molecule has 2 atom stereocenters. The Kier molecular flexibility index (Phi) is 4.84. The molecule has 1 aromatic rings. The van der Waals surface area contributed by atoms with Crippen LogP contribution < -0.4 is 5.32 Å². The van der Waals surface area contributed by atoms with Gasteiger partial charge >= 0.3 is 0 Å². The molecule has 2 rings (SSSR count). The maximum atomic E-state index is 12.0. The predicted octanol–water partition coefficient (Wildman–Crippen LogP) is 4.38. The number of carbonyl (C=O) groups is 1. The van der Waals surface area contributed by atoms with E-state index in [1.54, 1.807) is 0 Å². The molecule has 1 saturated carbocycles. The van der Waals surface area contributed by atoms with E-state index >= 15 is 0 Å².